The van der Waals surface area contributed by atoms with Gasteiger partial charge in [-0.05, 0) is 36.1 Å². The van der Waals surface area contributed by atoms with E-state index in [0.29, 0.717) is 21.9 Å². The van der Waals surface area contributed by atoms with Crippen molar-refractivity contribution in [1.29, 1.82) is 0 Å². The minimum absolute atomic E-state index is 0.0820. The SMILES string of the molecule is CC(C)C1Oc2c(cc(C(F)(F)F)cc2C(F)(F)F)N(CCC(=O)O)C1=O.CC(C)C1Oc2c(cc(C(F)(F)F)cc2C(F)(F)F)N(CCC(=O)O)C1=O. The molecule has 22 heteroatoms. The fourth-order valence-corrected chi connectivity index (χ4v) is 5.24. The standard InChI is InChI=1S/2C16H15F6NO4/c2*1-7(2)12-14(26)23(4-3-11(24)25)10-6-8(15(17,18)19)5-9(13(10)27-12)16(20,21)22/h2*5-7,12H,3-4H2,1-2H3,(H,24,25). The van der Waals surface area contributed by atoms with E-state index in [2.05, 4.69) is 0 Å². The van der Waals surface area contributed by atoms with Gasteiger partial charge in [0.2, 0.25) is 0 Å². The van der Waals surface area contributed by atoms with Crippen LogP contribution in [0.3, 0.4) is 0 Å². The number of carbonyl (C=O) groups is 4. The molecule has 0 bridgehead atoms. The first-order valence-electron chi connectivity index (χ1n) is 15.5. The number of aliphatic carboxylic acids is 2. The van der Waals surface area contributed by atoms with E-state index < -0.39 is 144 Å². The van der Waals surface area contributed by atoms with Crippen LogP contribution >= 0.6 is 0 Å². The highest BCUT2D eigenvalue weighted by Crippen LogP contribution is 2.50. The number of carboxylic acid groups (broad SMARTS) is 2. The molecule has 2 aliphatic rings. The van der Waals surface area contributed by atoms with Gasteiger partial charge in [-0.3, -0.25) is 19.2 Å². The van der Waals surface area contributed by atoms with Gasteiger partial charge >= 0.3 is 36.6 Å². The van der Waals surface area contributed by atoms with Gasteiger partial charge in [0.1, 0.15) is 11.1 Å². The summed E-state index contributed by atoms with van der Waals surface area (Å²) in [6.07, 6.45) is -24.6. The molecule has 2 atom stereocenters. The lowest BCUT2D eigenvalue weighted by Gasteiger charge is -2.37. The normalized spacial score (nSPS) is 17.7. The molecule has 0 radical (unpaired) electrons. The predicted molar refractivity (Wildman–Crippen MR) is 161 cm³/mol. The van der Waals surface area contributed by atoms with Crippen molar-refractivity contribution in [1.82, 2.24) is 0 Å². The van der Waals surface area contributed by atoms with E-state index >= 15 is 0 Å². The van der Waals surface area contributed by atoms with E-state index in [4.69, 9.17) is 19.7 Å². The molecule has 0 aromatic heterocycles. The number of alkyl halides is 12. The molecule has 0 spiro atoms. The van der Waals surface area contributed by atoms with E-state index in [-0.39, 0.29) is 12.1 Å². The predicted octanol–water partition coefficient (Wildman–Crippen LogP) is 7.90. The number of fused-ring (bicyclic) bond motifs is 2. The van der Waals surface area contributed by atoms with Gasteiger partial charge in [0, 0.05) is 13.1 Å². The third-order valence-corrected chi connectivity index (χ3v) is 7.80. The number of hydrogen-bond donors (Lipinski definition) is 2. The van der Waals surface area contributed by atoms with Crippen LogP contribution in [0, 0.1) is 11.8 Å². The summed E-state index contributed by atoms with van der Waals surface area (Å²) in [5, 5.41) is 17.6. The Morgan fingerprint density at radius 1 is 0.593 bits per heavy atom. The van der Waals surface area contributed by atoms with Gasteiger partial charge in [0.15, 0.2) is 23.7 Å². The fraction of sp³-hybridized carbons (Fsp3) is 0.500. The number of amides is 2. The number of benzene rings is 2. The van der Waals surface area contributed by atoms with Crippen LogP contribution in [0.15, 0.2) is 24.3 Å². The van der Waals surface area contributed by atoms with Crippen molar-refractivity contribution in [2.24, 2.45) is 11.8 Å². The molecule has 2 aromatic rings. The molecule has 0 saturated carbocycles. The maximum atomic E-state index is 13.4. The number of carbonyl (C=O) groups excluding carboxylic acids is 2. The zero-order valence-electron chi connectivity index (χ0n) is 28.2. The van der Waals surface area contributed by atoms with E-state index in [9.17, 15) is 71.9 Å². The highest BCUT2D eigenvalue weighted by molar-refractivity contribution is 6.02. The van der Waals surface area contributed by atoms with Crippen molar-refractivity contribution in [3.63, 3.8) is 0 Å². The average molecular weight is 799 g/mol. The fourth-order valence-electron chi connectivity index (χ4n) is 5.24. The summed E-state index contributed by atoms with van der Waals surface area (Å²) in [6, 6.07) is 0.560. The molecule has 0 fully saturated rings. The van der Waals surface area contributed by atoms with Crippen LogP contribution in [0.25, 0.3) is 0 Å². The zero-order valence-corrected chi connectivity index (χ0v) is 28.2. The average Bonchev–Trinajstić information content (AvgIpc) is 3.00. The number of halogens is 12. The molecule has 2 amide bonds. The first-order chi connectivity index (χ1) is 24.5. The van der Waals surface area contributed by atoms with E-state index in [1.165, 1.54) is 27.7 Å². The molecule has 0 aliphatic carbocycles. The van der Waals surface area contributed by atoms with Gasteiger partial charge in [0.05, 0.1) is 35.3 Å². The smallest absolute Gasteiger partial charge is 0.420 e. The molecule has 2 aromatic carbocycles. The lowest BCUT2D eigenvalue weighted by Crippen LogP contribution is -2.49. The van der Waals surface area contributed by atoms with Gasteiger partial charge in [-0.1, -0.05) is 27.7 Å². The van der Waals surface area contributed by atoms with Crippen LogP contribution in [0.1, 0.15) is 62.8 Å². The van der Waals surface area contributed by atoms with Gasteiger partial charge in [-0.25, -0.2) is 0 Å². The van der Waals surface area contributed by atoms with E-state index in [1.54, 1.807) is 0 Å². The summed E-state index contributed by atoms with van der Waals surface area (Å²) < 4.78 is 169. The number of nitrogens with zero attached hydrogens (tertiary/aromatic N) is 2. The Hall–Kier alpha value is -4.92. The first-order valence-corrected chi connectivity index (χ1v) is 15.5. The van der Waals surface area contributed by atoms with Crippen LogP contribution in [-0.4, -0.2) is 59.3 Å². The summed E-state index contributed by atoms with van der Waals surface area (Å²) >= 11 is 0. The number of anilines is 2. The Morgan fingerprint density at radius 2 is 0.889 bits per heavy atom. The highest BCUT2D eigenvalue weighted by Gasteiger charge is 2.48. The van der Waals surface area contributed by atoms with Gasteiger partial charge in [0.25, 0.3) is 11.8 Å². The third-order valence-electron chi connectivity index (χ3n) is 7.80. The Balaban J connectivity index is 0.000000290. The lowest BCUT2D eigenvalue weighted by atomic mass is 9.99. The number of ether oxygens (including phenoxy) is 2. The summed E-state index contributed by atoms with van der Waals surface area (Å²) in [6.45, 7) is 4.76. The maximum Gasteiger partial charge on any atom is 0.420 e. The first kappa shape index (κ1) is 43.5. The molecule has 300 valence electrons. The van der Waals surface area contributed by atoms with Crippen LogP contribution in [0.5, 0.6) is 11.5 Å². The van der Waals surface area contributed by atoms with Crippen LogP contribution in [0.2, 0.25) is 0 Å². The Morgan fingerprint density at radius 3 is 1.11 bits per heavy atom. The molecular formula is C32H30F12N2O8. The molecular weight excluding hydrogens is 768 g/mol. The third kappa shape index (κ3) is 9.78. The van der Waals surface area contributed by atoms with E-state index in [0.717, 1.165) is 0 Å². The van der Waals surface area contributed by atoms with Gasteiger partial charge in [-0.15, -0.1) is 0 Å². The quantitative estimate of drug-likeness (QED) is 0.258. The number of rotatable bonds is 8. The largest absolute Gasteiger partial charge is 0.481 e. The topological polar surface area (TPSA) is 134 Å². The summed E-state index contributed by atoms with van der Waals surface area (Å²) in [7, 11) is 0. The minimum Gasteiger partial charge on any atom is -0.481 e. The monoisotopic (exact) mass is 798 g/mol. The molecule has 0 saturated heterocycles. The van der Waals surface area contributed by atoms with E-state index in [1.807, 2.05) is 0 Å². The van der Waals surface area contributed by atoms with Crippen molar-refractivity contribution in [3.8, 4) is 11.5 Å². The van der Waals surface area contributed by atoms with Crippen molar-refractivity contribution < 1.29 is 91.5 Å². The van der Waals surface area contributed by atoms with Gasteiger partial charge < -0.3 is 29.5 Å². The van der Waals surface area contributed by atoms with Crippen LogP contribution < -0.4 is 19.3 Å². The molecule has 4 rings (SSSR count). The van der Waals surface area contributed by atoms with Crippen molar-refractivity contribution in [2.45, 2.75) is 77.4 Å². The Labute approximate surface area is 297 Å². The summed E-state index contributed by atoms with van der Waals surface area (Å²) in [5.74, 6) is -7.54. The summed E-state index contributed by atoms with van der Waals surface area (Å²) in [4.78, 5) is 47.8. The minimum atomic E-state index is -5.17. The molecule has 2 N–H and O–H groups in total. The lowest BCUT2D eigenvalue weighted by molar-refractivity contribution is -0.147. The molecule has 54 heavy (non-hydrogen) atoms. The van der Waals surface area contributed by atoms with Crippen LogP contribution in [-0.2, 0) is 43.9 Å². The molecule has 10 nitrogen and oxygen atoms in total. The molecule has 2 unspecified atom stereocenters. The zero-order chi connectivity index (χ0) is 41.5. The Bertz CT molecular complexity index is 1640. The Kier molecular flexibility index (Phi) is 12.4. The maximum absolute atomic E-state index is 13.4. The van der Waals surface area contributed by atoms with Gasteiger partial charge in [-0.2, -0.15) is 52.7 Å². The molecule has 2 aliphatic heterocycles. The second-order valence-electron chi connectivity index (χ2n) is 12.6. The molecule has 2 heterocycles. The second-order valence-corrected chi connectivity index (χ2v) is 12.6. The number of carboxylic acids is 2. The second kappa shape index (κ2) is 15.4. The van der Waals surface area contributed by atoms with Crippen molar-refractivity contribution in [2.75, 3.05) is 22.9 Å². The summed E-state index contributed by atoms with van der Waals surface area (Å²) in [5.41, 5.74) is -8.08. The van der Waals surface area contributed by atoms with Crippen molar-refractivity contribution in [3.05, 3.63) is 46.5 Å². The highest BCUT2D eigenvalue weighted by atomic mass is 19.4. The number of hydrogen-bond acceptors (Lipinski definition) is 6. The van der Waals surface area contributed by atoms with Crippen molar-refractivity contribution >= 4 is 35.1 Å². The van der Waals surface area contributed by atoms with Crippen LogP contribution in [0.4, 0.5) is 64.1 Å².